The third-order valence-corrected chi connectivity index (χ3v) is 3.39. The Morgan fingerprint density at radius 2 is 2.05 bits per heavy atom. The molecule has 0 saturated heterocycles. The first-order chi connectivity index (χ1) is 9.93. The van der Waals surface area contributed by atoms with Crippen molar-refractivity contribution in [3.8, 4) is 0 Å². The molecule has 0 fully saturated rings. The molecule has 1 aliphatic rings. The first kappa shape index (κ1) is 15.5. The topological polar surface area (TPSA) is 28.0 Å². The largest absolute Gasteiger partial charge is 0.383 e. The molecule has 0 N–H and O–H groups in total. The molecule has 1 heterocycles. The van der Waals surface area contributed by atoms with Crippen LogP contribution in [0, 0.1) is 0 Å². The van der Waals surface area contributed by atoms with Crippen LogP contribution < -0.4 is 0 Å². The van der Waals surface area contributed by atoms with E-state index in [1.54, 1.807) is 0 Å². The van der Waals surface area contributed by atoms with Gasteiger partial charge in [0.25, 0.3) is 0 Å². The Hall–Kier alpha value is -1.90. The molecule has 0 saturated carbocycles. The molecule has 0 amide bonds. The maximum Gasteiger partial charge on any atom is 0.0758 e. The summed E-state index contributed by atoms with van der Waals surface area (Å²) in [4.78, 5) is 11.5. The summed E-state index contributed by atoms with van der Waals surface area (Å²) in [6.07, 6.45) is 5.01. The van der Waals surface area contributed by atoms with Crippen LogP contribution in [-0.4, -0.2) is 43.0 Å². The van der Waals surface area contributed by atoms with Gasteiger partial charge in [-0.1, -0.05) is 24.3 Å². The number of fused-ring (bicyclic) bond motifs is 1. The smallest absolute Gasteiger partial charge is 0.0758 e. The highest BCUT2D eigenvalue weighted by Gasteiger charge is 2.27. The first-order valence-electron chi connectivity index (χ1n) is 7.49. The fourth-order valence-electron chi connectivity index (χ4n) is 2.62. The third-order valence-electron chi connectivity index (χ3n) is 3.39. The molecular formula is C18H25N3. The second-order valence-electron chi connectivity index (χ2n) is 6.28. The first-order valence-corrected chi connectivity index (χ1v) is 7.49. The monoisotopic (exact) mass is 283 g/mol. The number of nitrogens with zero attached hydrogens (tertiary/aromatic N) is 3. The van der Waals surface area contributed by atoms with Crippen molar-refractivity contribution in [2.45, 2.75) is 32.7 Å². The normalized spacial score (nSPS) is 17.6. The number of aliphatic imine (C=N–C) groups is 2. The van der Waals surface area contributed by atoms with E-state index in [1.807, 2.05) is 32.1 Å². The van der Waals surface area contributed by atoms with E-state index in [-0.39, 0.29) is 5.54 Å². The van der Waals surface area contributed by atoms with Crippen molar-refractivity contribution in [3.63, 3.8) is 0 Å². The lowest BCUT2D eigenvalue weighted by Crippen LogP contribution is -2.30. The van der Waals surface area contributed by atoms with Crippen molar-refractivity contribution in [1.29, 1.82) is 0 Å². The molecule has 0 bridgehead atoms. The van der Waals surface area contributed by atoms with Gasteiger partial charge in [-0.25, -0.2) is 0 Å². The van der Waals surface area contributed by atoms with Crippen LogP contribution in [0.1, 0.15) is 31.9 Å². The molecule has 1 aliphatic heterocycles. The predicted molar refractivity (Wildman–Crippen MR) is 91.6 cm³/mol. The van der Waals surface area contributed by atoms with Crippen molar-refractivity contribution < 1.29 is 0 Å². The van der Waals surface area contributed by atoms with Crippen molar-refractivity contribution in [2.24, 2.45) is 9.98 Å². The molecule has 0 aromatic heterocycles. The highest BCUT2D eigenvalue weighted by molar-refractivity contribution is 6.25. The standard InChI is InChI=1S/C18H25N3/c1-6-19-12-15(13-21(4)5)17-16-10-8-7-9-14(16)11-18(2,3)20-17/h7-10,12-13H,6,11H2,1-5H3/b15-13-,19-12?. The van der Waals surface area contributed by atoms with Gasteiger partial charge in [0, 0.05) is 44.2 Å². The zero-order chi connectivity index (χ0) is 15.5. The number of benzene rings is 1. The summed E-state index contributed by atoms with van der Waals surface area (Å²) in [5.41, 5.74) is 4.64. The average Bonchev–Trinajstić information content (AvgIpc) is 2.41. The molecule has 112 valence electrons. The summed E-state index contributed by atoms with van der Waals surface area (Å²) in [7, 11) is 4.06. The van der Waals surface area contributed by atoms with Gasteiger partial charge in [0.15, 0.2) is 0 Å². The summed E-state index contributed by atoms with van der Waals surface area (Å²) < 4.78 is 0. The lowest BCUT2D eigenvalue weighted by atomic mass is 9.85. The van der Waals surface area contributed by atoms with Crippen LogP contribution in [0.5, 0.6) is 0 Å². The Balaban J connectivity index is 2.56. The highest BCUT2D eigenvalue weighted by Crippen LogP contribution is 2.28. The van der Waals surface area contributed by atoms with Gasteiger partial charge in [0.05, 0.1) is 11.3 Å². The SMILES string of the molecule is CCN=C/C(=C/N(C)C)C1=NC(C)(C)Cc2ccccc21. The summed E-state index contributed by atoms with van der Waals surface area (Å²) in [6.45, 7) is 7.20. The third kappa shape index (κ3) is 3.81. The highest BCUT2D eigenvalue weighted by atomic mass is 15.0. The van der Waals surface area contributed by atoms with Gasteiger partial charge in [0.2, 0.25) is 0 Å². The van der Waals surface area contributed by atoms with Crippen LogP contribution in [0.3, 0.4) is 0 Å². The minimum absolute atomic E-state index is 0.0743. The van der Waals surface area contributed by atoms with Gasteiger partial charge in [-0.2, -0.15) is 0 Å². The lowest BCUT2D eigenvalue weighted by molar-refractivity contribution is 0.513. The minimum Gasteiger partial charge on any atom is -0.383 e. The number of hydrogen-bond donors (Lipinski definition) is 0. The Morgan fingerprint density at radius 1 is 1.33 bits per heavy atom. The van der Waals surface area contributed by atoms with Crippen molar-refractivity contribution in [1.82, 2.24) is 4.90 Å². The molecule has 0 atom stereocenters. The molecule has 21 heavy (non-hydrogen) atoms. The molecule has 0 unspecified atom stereocenters. The Bertz CT molecular complexity index is 592. The molecular weight excluding hydrogens is 258 g/mol. The van der Waals surface area contributed by atoms with E-state index in [1.165, 1.54) is 11.1 Å². The number of hydrogen-bond acceptors (Lipinski definition) is 3. The van der Waals surface area contributed by atoms with E-state index in [0.717, 1.165) is 24.3 Å². The Labute approximate surface area is 128 Å². The van der Waals surface area contributed by atoms with E-state index in [0.29, 0.717) is 0 Å². The van der Waals surface area contributed by atoms with Gasteiger partial charge in [-0.15, -0.1) is 0 Å². The second-order valence-corrected chi connectivity index (χ2v) is 6.28. The van der Waals surface area contributed by atoms with E-state index < -0.39 is 0 Å². The summed E-state index contributed by atoms with van der Waals surface area (Å²) in [5, 5.41) is 0. The van der Waals surface area contributed by atoms with E-state index >= 15 is 0 Å². The molecule has 0 radical (unpaired) electrons. The maximum absolute atomic E-state index is 4.99. The number of rotatable bonds is 4. The van der Waals surface area contributed by atoms with Crippen molar-refractivity contribution in [3.05, 3.63) is 47.2 Å². The van der Waals surface area contributed by atoms with Crippen LogP contribution >= 0.6 is 0 Å². The van der Waals surface area contributed by atoms with Crippen molar-refractivity contribution >= 4 is 11.9 Å². The van der Waals surface area contributed by atoms with Crippen molar-refractivity contribution in [2.75, 3.05) is 20.6 Å². The van der Waals surface area contributed by atoms with Gasteiger partial charge in [0.1, 0.15) is 0 Å². The molecule has 1 aromatic rings. The molecule has 0 spiro atoms. The molecule has 2 rings (SSSR count). The van der Waals surface area contributed by atoms with Crippen LogP contribution in [-0.2, 0) is 6.42 Å². The molecule has 1 aromatic carbocycles. The van der Waals surface area contributed by atoms with Crippen LogP contribution in [0.15, 0.2) is 46.0 Å². The van der Waals surface area contributed by atoms with Crippen LogP contribution in [0.4, 0.5) is 0 Å². The molecule has 0 aliphatic carbocycles. The Kier molecular flexibility index (Phi) is 4.61. The summed E-state index contributed by atoms with van der Waals surface area (Å²) in [5.74, 6) is 0. The van der Waals surface area contributed by atoms with Crippen LogP contribution in [0.2, 0.25) is 0 Å². The van der Waals surface area contributed by atoms with Crippen LogP contribution in [0.25, 0.3) is 0 Å². The van der Waals surface area contributed by atoms with Gasteiger partial charge >= 0.3 is 0 Å². The fourth-order valence-corrected chi connectivity index (χ4v) is 2.62. The van der Waals surface area contributed by atoms with Gasteiger partial charge in [-0.05, 0) is 32.8 Å². The zero-order valence-electron chi connectivity index (χ0n) is 13.7. The predicted octanol–water partition coefficient (Wildman–Crippen LogP) is 3.35. The second kappa shape index (κ2) is 6.25. The van der Waals surface area contributed by atoms with E-state index in [2.05, 4.69) is 49.3 Å². The lowest BCUT2D eigenvalue weighted by Gasteiger charge is -2.29. The van der Waals surface area contributed by atoms with Gasteiger partial charge in [-0.3, -0.25) is 9.98 Å². The zero-order valence-corrected chi connectivity index (χ0v) is 13.7. The van der Waals surface area contributed by atoms with E-state index in [9.17, 15) is 0 Å². The van der Waals surface area contributed by atoms with E-state index in [4.69, 9.17) is 4.99 Å². The average molecular weight is 283 g/mol. The number of allylic oxidation sites excluding steroid dienone is 1. The fraction of sp³-hybridized carbons (Fsp3) is 0.444. The summed E-state index contributed by atoms with van der Waals surface area (Å²) in [6, 6.07) is 8.55. The molecule has 3 nitrogen and oxygen atoms in total. The van der Waals surface area contributed by atoms with Gasteiger partial charge < -0.3 is 4.90 Å². The Morgan fingerprint density at radius 3 is 2.71 bits per heavy atom. The molecule has 3 heteroatoms. The summed E-state index contributed by atoms with van der Waals surface area (Å²) >= 11 is 0. The maximum atomic E-state index is 4.99. The quantitative estimate of drug-likeness (QED) is 0.779. The minimum atomic E-state index is -0.0743.